The van der Waals surface area contributed by atoms with Gasteiger partial charge in [0, 0.05) is 6.20 Å². The van der Waals surface area contributed by atoms with Gasteiger partial charge in [-0.1, -0.05) is 11.6 Å². The molecule has 2 aromatic heterocycles. The molecule has 3 heterocycles. The molecule has 2 fully saturated rings. The summed E-state index contributed by atoms with van der Waals surface area (Å²) in [6.07, 6.45) is 2.87. The average Bonchev–Trinajstić information content (AvgIpc) is 3.09. The third-order valence-electron chi connectivity index (χ3n) is 4.57. The van der Waals surface area contributed by atoms with Crippen molar-refractivity contribution in [2.75, 3.05) is 0 Å². The summed E-state index contributed by atoms with van der Waals surface area (Å²) >= 11 is 6.10. The second kappa shape index (κ2) is 4.90. The third-order valence-corrected chi connectivity index (χ3v) is 4.87. The number of carboxylic acid groups (broad SMARTS) is 1. The highest BCUT2D eigenvalue weighted by atomic mass is 35.5. The predicted molar refractivity (Wildman–Crippen MR) is 81.1 cm³/mol. The molecule has 4 atom stereocenters. The Hall–Kier alpha value is -1.70. The summed E-state index contributed by atoms with van der Waals surface area (Å²) in [4.78, 5) is 19.9. The number of rotatable bonds is 2. The van der Waals surface area contributed by atoms with E-state index in [1.807, 2.05) is 16.8 Å². The monoisotopic (exact) mass is 337 g/mol. The van der Waals surface area contributed by atoms with E-state index in [0.29, 0.717) is 17.2 Å². The van der Waals surface area contributed by atoms with E-state index in [0.717, 1.165) is 5.39 Å². The number of nitrogens with zero attached hydrogens (tertiary/aromatic N) is 3. The van der Waals surface area contributed by atoms with Crippen molar-refractivity contribution in [2.45, 2.75) is 44.3 Å². The molecule has 1 saturated heterocycles. The van der Waals surface area contributed by atoms with Gasteiger partial charge >= 0.3 is 5.97 Å². The Morgan fingerprint density at radius 1 is 1.39 bits per heavy atom. The third kappa shape index (κ3) is 2.22. The molecule has 8 heteroatoms. The molecular formula is C15H16ClN3O4. The second-order valence-corrected chi connectivity index (χ2v) is 6.80. The van der Waals surface area contributed by atoms with E-state index in [4.69, 9.17) is 21.1 Å². The van der Waals surface area contributed by atoms with Gasteiger partial charge in [0.2, 0.25) is 0 Å². The van der Waals surface area contributed by atoms with Crippen molar-refractivity contribution in [2.24, 2.45) is 5.92 Å². The lowest BCUT2D eigenvalue weighted by Crippen LogP contribution is -2.30. The first kappa shape index (κ1) is 14.9. The summed E-state index contributed by atoms with van der Waals surface area (Å²) < 4.78 is 13.7. The number of aromatic nitrogens is 3. The number of halogens is 1. The Morgan fingerprint density at radius 2 is 2.13 bits per heavy atom. The van der Waals surface area contributed by atoms with Crippen LogP contribution in [0.25, 0.3) is 11.0 Å². The molecule has 1 N–H and O–H groups in total. The smallest absolute Gasteiger partial charge is 0.309 e. The lowest BCUT2D eigenvalue weighted by atomic mass is 10.1. The Labute approximate surface area is 137 Å². The Morgan fingerprint density at radius 3 is 2.87 bits per heavy atom. The lowest BCUT2D eigenvalue weighted by Gasteiger charge is -2.23. The normalized spacial score (nSPS) is 32.3. The first-order valence-electron chi connectivity index (χ1n) is 7.43. The molecule has 4 unspecified atom stereocenters. The van der Waals surface area contributed by atoms with E-state index in [-0.39, 0.29) is 12.1 Å². The first-order chi connectivity index (χ1) is 10.9. The van der Waals surface area contributed by atoms with Crippen LogP contribution >= 0.6 is 11.6 Å². The van der Waals surface area contributed by atoms with Gasteiger partial charge in [0.25, 0.3) is 0 Å². The first-order valence-corrected chi connectivity index (χ1v) is 7.81. The van der Waals surface area contributed by atoms with Crippen LogP contribution in [0.2, 0.25) is 5.15 Å². The van der Waals surface area contributed by atoms with E-state index >= 15 is 0 Å². The molecule has 0 amide bonds. The summed E-state index contributed by atoms with van der Waals surface area (Å²) in [7, 11) is 0. The number of carbonyl (C=O) groups is 1. The van der Waals surface area contributed by atoms with Gasteiger partial charge in [-0.25, -0.2) is 9.97 Å². The zero-order chi connectivity index (χ0) is 16.4. The van der Waals surface area contributed by atoms with Crippen LogP contribution in [0.3, 0.4) is 0 Å². The molecule has 2 aromatic rings. The largest absolute Gasteiger partial charge is 0.481 e. The summed E-state index contributed by atoms with van der Waals surface area (Å²) in [6, 6.07) is 1.66. The van der Waals surface area contributed by atoms with Crippen LogP contribution in [0.1, 0.15) is 26.3 Å². The van der Waals surface area contributed by atoms with Gasteiger partial charge in [-0.3, -0.25) is 4.79 Å². The number of carboxylic acids is 1. The van der Waals surface area contributed by atoms with Crippen LogP contribution in [-0.4, -0.2) is 43.6 Å². The molecule has 1 saturated carbocycles. The van der Waals surface area contributed by atoms with Gasteiger partial charge in [-0.15, -0.1) is 0 Å². The minimum atomic E-state index is -0.868. The molecule has 2 aliphatic rings. The molecule has 0 bridgehead atoms. The van der Waals surface area contributed by atoms with Crippen molar-refractivity contribution in [1.82, 2.24) is 14.5 Å². The van der Waals surface area contributed by atoms with E-state index in [9.17, 15) is 9.90 Å². The Bertz CT molecular complexity index is 790. The Kier molecular flexibility index (Phi) is 3.16. The van der Waals surface area contributed by atoms with Crippen molar-refractivity contribution < 1.29 is 19.4 Å². The molecule has 7 nitrogen and oxygen atoms in total. The van der Waals surface area contributed by atoms with E-state index < -0.39 is 23.8 Å². The van der Waals surface area contributed by atoms with Crippen molar-refractivity contribution in [1.29, 1.82) is 0 Å². The second-order valence-electron chi connectivity index (χ2n) is 6.44. The minimum absolute atomic E-state index is 0.175. The van der Waals surface area contributed by atoms with E-state index in [1.54, 1.807) is 13.8 Å². The van der Waals surface area contributed by atoms with Crippen LogP contribution in [-0.2, 0) is 14.3 Å². The number of hydrogen-bond donors (Lipinski definition) is 1. The van der Waals surface area contributed by atoms with Crippen molar-refractivity contribution in [3.05, 3.63) is 23.7 Å². The summed E-state index contributed by atoms with van der Waals surface area (Å²) in [5.41, 5.74) is 0.674. The molecule has 23 heavy (non-hydrogen) atoms. The van der Waals surface area contributed by atoms with Crippen LogP contribution < -0.4 is 0 Å². The van der Waals surface area contributed by atoms with Crippen LogP contribution in [0.15, 0.2) is 18.6 Å². The predicted octanol–water partition coefficient (Wildman–Crippen LogP) is 2.25. The summed E-state index contributed by atoms with van der Waals surface area (Å²) in [6.45, 7) is 3.60. The number of aliphatic carboxylic acids is 1. The van der Waals surface area contributed by atoms with Gasteiger partial charge in [-0.05, 0) is 26.3 Å². The number of hydrogen-bond acceptors (Lipinski definition) is 5. The van der Waals surface area contributed by atoms with Gasteiger partial charge in [0.15, 0.2) is 5.79 Å². The zero-order valence-corrected chi connectivity index (χ0v) is 13.4. The summed E-state index contributed by atoms with van der Waals surface area (Å²) in [5, 5.41) is 10.6. The highest BCUT2D eigenvalue weighted by Crippen LogP contribution is 2.47. The van der Waals surface area contributed by atoms with Crippen LogP contribution in [0.4, 0.5) is 0 Å². The quantitative estimate of drug-likeness (QED) is 0.846. The van der Waals surface area contributed by atoms with Crippen molar-refractivity contribution >= 4 is 28.6 Å². The highest BCUT2D eigenvalue weighted by molar-refractivity contribution is 6.33. The van der Waals surface area contributed by atoms with Gasteiger partial charge in [0.05, 0.1) is 17.3 Å². The fourth-order valence-corrected chi connectivity index (χ4v) is 3.87. The van der Waals surface area contributed by atoms with Crippen molar-refractivity contribution in [3.63, 3.8) is 0 Å². The zero-order valence-electron chi connectivity index (χ0n) is 12.6. The van der Waals surface area contributed by atoms with E-state index in [2.05, 4.69) is 9.97 Å². The molecule has 4 rings (SSSR count). The maximum atomic E-state index is 11.6. The highest BCUT2D eigenvalue weighted by Gasteiger charge is 2.57. The molecule has 0 aromatic carbocycles. The van der Waals surface area contributed by atoms with Gasteiger partial charge < -0.3 is 19.1 Å². The van der Waals surface area contributed by atoms with Gasteiger partial charge in [-0.2, -0.15) is 0 Å². The molecular weight excluding hydrogens is 322 g/mol. The standard InChI is InChI=1S/C15H16ClN3O4/c1-15(2)22-10-8(14(20)21)5-9(11(10)23-15)19-4-3-7-12(16)17-6-18-13(7)19/h3-4,6,8-11H,5H2,1-2H3,(H,20,21). The summed E-state index contributed by atoms with van der Waals surface area (Å²) in [5.74, 6) is -2.27. The average molecular weight is 338 g/mol. The minimum Gasteiger partial charge on any atom is -0.481 e. The molecule has 122 valence electrons. The molecule has 1 aliphatic carbocycles. The fourth-order valence-electron chi connectivity index (χ4n) is 3.68. The van der Waals surface area contributed by atoms with Crippen LogP contribution in [0, 0.1) is 5.92 Å². The van der Waals surface area contributed by atoms with Gasteiger partial charge in [0.1, 0.15) is 29.3 Å². The van der Waals surface area contributed by atoms with Crippen molar-refractivity contribution in [3.8, 4) is 0 Å². The molecule has 1 aliphatic heterocycles. The topological polar surface area (TPSA) is 86.5 Å². The molecule has 0 spiro atoms. The van der Waals surface area contributed by atoms with E-state index in [1.165, 1.54) is 6.33 Å². The fraction of sp³-hybridized carbons (Fsp3) is 0.533. The molecule has 0 radical (unpaired) electrons. The maximum absolute atomic E-state index is 11.6. The van der Waals surface area contributed by atoms with Crippen LogP contribution in [0.5, 0.6) is 0 Å². The number of ether oxygens (including phenoxy) is 2. The SMILES string of the molecule is CC1(C)OC2C(C(=O)O)CC(n3ccc4c(Cl)ncnc43)C2O1. The maximum Gasteiger partial charge on any atom is 0.309 e. The lowest BCUT2D eigenvalue weighted by molar-refractivity contribution is -0.167. The number of fused-ring (bicyclic) bond motifs is 2. The Balaban J connectivity index is 1.78.